The van der Waals surface area contributed by atoms with Gasteiger partial charge in [-0.15, -0.1) is 0 Å². The number of aromatic nitrogens is 4. The highest BCUT2D eigenvalue weighted by atomic mass is 16.3. The summed E-state index contributed by atoms with van der Waals surface area (Å²) in [6.07, 6.45) is 3.83. The van der Waals surface area contributed by atoms with Gasteiger partial charge in [-0.25, -0.2) is 9.97 Å². The highest BCUT2D eigenvalue weighted by Crippen LogP contribution is 2.43. The number of fused-ring (bicyclic) bond motifs is 9. The molecule has 0 aliphatic heterocycles. The van der Waals surface area contributed by atoms with Gasteiger partial charge in [-0.1, -0.05) is 121 Å². The van der Waals surface area contributed by atoms with E-state index in [1.165, 1.54) is 21.5 Å². The molecule has 65 heavy (non-hydrogen) atoms. The molecule has 0 saturated heterocycles. The summed E-state index contributed by atoms with van der Waals surface area (Å²) >= 11 is 0. The minimum atomic E-state index is 0.726. The summed E-state index contributed by atoms with van der Waals surface area (Å²) in [6, 6.07) is 76.6. The van der Waals surface area contributed by atoms with Crippen molar-refractivity contribution in [3.8, 4) is 11.4 Å². The van der Waals surface area contributed by atoms with Crippen molar-refractivity contribution in [3.63, 3.8) is 0 Å². The molecular weight excluding hydrogens is 797 g/mol. The molecule has 0 spiro atoms. The average molecular weight is 835 g/mol. The van der Waals surface area contributed by atoms with Crippen LogP contribution in [0.15, 0.2) is 235 Å². The van der Waals surface area contributed by atoms with Crippen LogP contribution in [0.1, 0.15) is 0 Å². The first-order chi connectivity index (χ1) is 32.2. The van der Waals surface area contributed by atoms with Gasteiger partial charge in [-0.05, 0) is 84.9 Å². The van der Waals surface area contributed by atoms with Gasteiger partial charge >= 0.3 is 0 Å². The van der Waals surface area contributed by atoms with E-state index in [-0.39, 0.29) is 0 Å². The fraction of sp³-hybridized carbons (Fsp3) is 0. The number of nitrogens with zero attached hydrogens (tertiary/aromatic N) is 6. The standard InChI is InChI=1S/C58H38N6O/c1-5-17-39(18-6-1)61(43-29-31-47-45-25-13-15-27-51(45)63(53(47)33-43)41-21-9-3-10-22-41)57-35-55-49(37-59-57)50-38-60-58(36-56(50)65-55)62(40-19-7-2-8-20-40)44-30-32-48-46-26-14-16-28-52(46)64(54(48)34-44)42-23-11-4-12-24-42/h1-38H. The third-order valence-electron chi connectivity index (χ3n) is 12.6. The monoisotopic (exact) mass is 834 g/mol. The summed E-state index contributed by atoms with van der Waals surface area (Å²) in [4.78, 5) is 14.7. The Bertz CT molecular complexity index is 3640. The van der Waals surface area contributed by atoms with Crippen molar-refractivity contribution in [2.75, 3.05) is 9.80 Å². The van der Waals surface area contributed by atoms with Crippen molar-refractivity contribution < 1.29 is 4.42 Å². The fourth-order valence-corrected chi connectivity index (χ4v) is 9.68. The van der Waals surface area contributed by atoms with Crippen LogP contribution < -0.4 is 9.80 Å². The zero-order valence-electron chi connectivity index (χ0n) is 35.0. The van der Waals surface area contributed by atoms with E-state index >= 15 is 0 Å². The molecule has 0 unspecified atom stereocenters. The minimum absolute atomic E-state index is 0.726. The molecule has 13 rings (SSSR count). The maximum absolute atomic E-state index is 6.81. The van der Waals surface area contributed by atoms with Gasteiger partial charge in [-0.2, -0.15) is 0 Å². The van der Waals surface area contributed by atoms with Gasteiger partial charge in [0.05, 0.1) is 22.1 Å². The van der Waals surface area contributed by atoms with Crippen LogP contribution in [0.4, 0.5) is 34.4 Å². The molecule has 0 saturated carbocycles. The molecule has 306 valence electrons. The molecule has 0 amide bonds. The van der Waals surface area contributed by atoms with Gasteiger partial charge in [0.1, 0.15) is 22.8 Å². The van der Waals surface area contributed by atoms with Crippen molar-refractivity contribution >= 4 is 99.9 Å². The molecule has 0 bridgehead atoms. The van der Waals surface area contributed by atoms with Gasteiger partial charge in [0.2, 0.25) is 0 Å². The number of pyridine rings is 2. The number of anilines is 6. The van der Waals surface area contributed by atoms with E-state index in [0.717, 1.165) is 89.8 Å². The summed E-state index contributed by atoms with van der Waals surface area (Å²) < 4.78 is 11.5. The normalized spacial score (nSPS) is 11.7. The molecule has 0 atom stereocenters. The lowest BCUT2D eigenvalue weighted by Gasteiger charge is -2.24. The van der Waals surface area contributed by atoms with Crippen LogP contribution in [0.5, 0.6) is 0 Å². The van der Waals surface area contributed by atoms with E-state index < -0.39 is 0 Å². The van der Waals surface area contributed by atoms with E-state index in [1.54, 1.807) is 0 Å². The van der Waals surface area contributed by atoms with E-state index in [2.05, 4.69) is 213 Å². The van der Waals surface area contributed by atoms with Crippen LogP contribution in [0, 0.1) is 0 Å². The fourth-order valence-electron chi connectivity index (χ4n) is 9.68. The van der Waals surface area contributed by atoms with Gasteiger partial charge in [0, 0.05) is 91.0 Å². The van der Waals surface area contributed by atoms with Crippen LogP contribution in [-0.4, -0.2) is 19.1 Å². The maximum atomic E-state index is 6.81. The summed E-state index contributed by atoms with van der Waals surface area (Å²) in [5.41, 5.74) is 12.2. The quantitative estimate of drug-likeness (QED) is 0.153. The first-order valence-corrected chi connectivity index (χ1v) is 21.8. The molecule has 7 heteroatoms. The molecule has 0 radical (unpaired) electrons. The number of rotatable bonds is 8. The number of para-hydroxylation sites is 6. The third kappa shape index (κ3) is 5.98. The van der Waals surface area contributed by atoms with Gasteiger partial charge < -0.3 is 13.6 Å². The van der Waals surface area contributed by atoms with Crippen molar-refractivity contribution in [2.45, 2.75) is 0 Å². The minimum Gasteiger partial charge on any atom is -0.456 e. The second-order valence-corrected chi connectivity index (χ2v) is 16.3. The lowest BCUT2D eigenvalue weighted by molar-refractivity contribution is 0.668. The highest BCUT2D eigenvalue weighted by molar-refractivity contribution is 6.12. The topological polar surface area (TPSA) is 55.3 Å². The molecule has 0 fully saturated rings. The van der Waals surface area contributed by atoms with Crippen molar-refractivity contribution in [1.29, 1.82) is 0 Å². The zero-order chi connectivity index (χ0) is 42.8. The summed E-state index contributed by atoms with van der Waals surface area (Å²) in [5, 5.41) is 6.59. The molecule has 0 aliphatic carbocycles. The van der Waals surface area contributed by atoms with Crippen LogP contribution in [0.2, 0.25) is 0 Å². The maximum Gasteiger partial charge on any atom is 0.141 e. The Labute approximate surface area is 373 Å². The average Bonchev–Trinajstić information content (AvgIpc) is 4.02. The van der Waals surface area contributed by atoms with E-state index in [4.69, 9.17) is 14.4 Å². The first kappa shape index (κ1) is 36.7. The van der Waals surface area contributed by atoms with Gasteiger partial charge in [-0.3, -0.25) is 9.80 Å². The molecule has 0 N–H and O–H groups in total. The van der Waals surface area contributed by atoms with Gasteiger partial charge in [0.25, 0.3) is 0 Å². The smallest absolute Gasteiger partial charge is 0.141 e. The molecule has 7 nitrogen and oxygen atoms in total. The molecule has 5 heterocycles. The number of hydrogen-bond acceptors (Lipinski definition) is 5. The first-order valence-electron chi connectivity index (χ1n) is 21.8. The predicted molar refractivity (Wildman–Crippen MR) is 267 cm³/mol. The van der Waals surface area contributed by atoms with Crippen molar-refractivity contribution in [1.82, 2.24) is 19.1 Å². The van der Waals surface area contributed by atoms with Crippen LogP contribution in [-0.2, 0) is 0 Å². The van der Waals surface area contributed by atoms with Crippen LogP contribution in [0.25, 0.3) is 76.9 Å². The Hall–Kier alpha value is -8.94. The zero-order valence-corrected chi connectivity index (χ0v) is 35.0. The predicted octanol–water partition coefficient (Wildman–Crippen LogP) is 15.5. The molecule has 8 aromatic carbocycles. The number of hydrogen-bond donors (Lipinski definition) is 0. The number of benzene rings is 8. The van der Waals surface area contributed by atoms with Crippen molar-refractivity contribution in [3.05, 3.63) is 231 Å². The lowest BCUT2D eigenvalue weighted by Crippen LogP contribution is -2.11. The van der Waals surface area contributed by atoms with Crippen LogP contribution >= 0.6 is 0 Å². The summed E-state index contributed by atoms with van der Waals surface area (Å²) in [5.74, 6) is 1.48. The second kappa shape index (κ2) is 14.9. The van der Waals surface area contributed by atoms with Crippen molar-refractivity contribution in [2.24, 2.45) is 0 Å². The molecule has 13 aromatic rings. The lowest BCUT2D eigenvalue weighted by atomic mass is 10.1. The summed E-state index contributed by atoms with van der Waals surface area (Å²) in [7, 11) is 0. The summed E-state index contributed by atoms with van der Waals surface area (Å²) in [6.45, 7) is 0. The Morgan fingerprint density at radius 2 is 0.677 bits per heavy atom. The molecule has 0 aliphatic rings. The van der Waals surface area contributed by atoms with E-state index in [0.29, 0.717) is 0 Å². The number of furan rings is 1. The van der Waals surface area contributed by atoms with E-state index in [9.17, 15) is 0 Å². The molecule has 5 aromatic heterocycles. The third-order valence-corrected chi connectivity index (χ3v) is 12.6. The molecular formula is C58H38N6O. The largest absolute Gasteiger partial charge is 0.456 e. The van der Waals surface area contributed by atoms with Gasteiger partial charge in [0.15, 0.2) is 0 Å². The van der Waals surface area contributed by atoms with Crippen LogP contribution in [0.3, 0.4) is 0 Å². The Morgan fingerprint density at radius 3 is 1.11 bits per heavy atom. The Kier molecular flexibility index (Phi) is 8.39. The van der Waals surface area contributed by atoms with E-state index in [1.807, 2.05) is 36.7 Å². The SMILES string of the molecule is c1ccc(N(c2ccc3c4ccccc4n(-c4ccccc4)c3c2)c2cc3oc4cc(N(c5ccccc5)c5ccc6c7ccccc7n(-c7ccccc7)c6c5)ncc4c3cn2)cc1. The highest BCUT2D eigenvalue weighted by Gasteiger charge is 2.22. The Balaban J connectivity index is 0.949. The second-order valence-electron chi connectivity index (χ2n) is 16.3. The Morgan fingerprint density at radius 1 is 0.308 bits per heavy atom.